The van der Waals surface area contributed by atoms with Crippen LogP contribution in [0, 0.1) is 13.8 Å². The van der Waals surface area contributed by atoms with E-state index in [0.717, 1.165) is 5.69 Å². The van der Waals surface area contributed by atoms with Gasteiger partial charge in [-0.05, 0) is 110 Å². The zero-order chi connectivity index (χ0) is 28.6. The van der Waals surface area contributed by atoms with Crippen LogP contribution in [0.25, 0.3) is 43.4 Å². The highest BCUT2D eigenvalue weighted by Crippen LogP contribution is 2.56. The predicted octanol–water partition coefficient (Wildman–Crippen LogP) is 11.5. The van der Waals surface area contributed by atoms with E-state index in [-0.39, 0.29) is 5.41 Å². The standard InChI is InChI=1S/C41H33N/c1-26-18-19-27(2)37(24-26)42(29-12-6-5-7-13-29)30-21-23-31-28(25-30)20-22-36-38-34-16-10-8-14-32(34)33-15-9-11-17-35(33)40(38)41(3,4)39(31)36/h5-25H,1-4H3. The van der Waals surface area contributed by atoms with Crippen LogP contribution in [0.3, 0.4) is 0 Å². The smallest absolute Gasteiger partial charge is 0.0493 e. The lowest BCUT2D eigenvalue weighted by Gasteiger charge is -2.28. The fourth-order valence-electron chi connectivity index (χ4n) is 7.50. The summed E-state index contributed by atoms with van der Waals surface area (Å²) in [5, 5.41) is 7.98. The molecular weight excluding hydrogens is 506 g/mol. The zero-order valence-corrected chi connectivity index (χ0v) is 24.6. The third kappa shape index (κ3) is 3.50. The van der Waals surface area contributed by atoms with Crippen LogP contribution in [0.5, 0.6) is 0 Å². The van der Waals surface area contributed by atoms with E-state index in [9.17, 15) is 0 Å². The maximum atomic E-state index is 2.42. The highest BCUT2D eigenvalue weighted by Gasteiger charge is 2.39. The molecule has 0 heterocycles. The molecule has 1 nitrogen and oxygen atoms in total. The largest absolute Gasteiger partial charge is 0.310 e. The number of hydrogen-bond acceptors (Lipinski definition) is 1. The molecule has 0 atom stereocenters. The fourth-order valence-corrected chi connectivity index (χ4v) is 7.50. The first-order valence-electron chi connectivity index (χ1n) is 14.9. The molecule has 0 spiro atoms. The van der Waals surface area contributed by atoms with Crippen molar-refractivity contribution in [3.8, 4) is 11.1 Å². The monoisotopic (exact) mass is 539 g/mol. The number of nitrogens with zero attached hydrogens (tertiary/aromatic N) is 1. The van der Waals surface area contributed by atoms with Gasteiger partial charge in [-0.15, -0.1) is 0 Å². The van der Waals surface area contributed by atoms with E-state index >= 15 is 0 Å². The number of para-hydroxylation sites is 1. The fraction of sp³-hybridized carbons (Fsp3) is 0.122. The van der Waals surface area contributed by atoms with E-state index in [1.807, 2.05) is 0 Å². The summed E-state index contributed by atoms with van der Waals surface area (Å²) in [6, 6.07) is 47.1. The van der Waals surface area contributed by atoms with Gasteiger partial charge in [0.25, 0.3) is 0 Å². The Balaban J connectivity index is 1.39. The van der Waals surface area contributed by atoms with E-state index in [1.165, 1.54) is 77.1 Å². The summed E-state index contributed by atoms with van der Waals surface area (Å²) < 4.78 is 0. The van der Waals surface area contributed by atoms with Crippen LogP contribution >= 0.6 is 0 Å². The van der Waals surface area contributed by atoms with Crippen LogP contribution in [0.1, 0.15) is 36.1 Å². The van der Waals surface area contributed by atoms with Crippen molar-refractivity contribution in [2.45, 2.75) is 33.1 Å². The molecule has 0 N–H and O–H groups in total. The van der Waals surface area contributed by atoms with Crippen molar-refractivity contribution < 1.29 is 0 Å². The van der Waals surface area contributed by atoms with Crippen molar-refractivity contribution in [1.29, 1.82) is 0 Å². The van der Waals surface area contributed by atoms with E-state index in [2.05, 4.69) is 160 Å². The molecule has 8 rings (SSSR count). The van der Waals surface area contributed by atoms with Gasteiger partial charge in [-0.2, -0.15) is 0 Å². The summed E-state index contributed by atoms with van der Waals surface area (Å²) in [5.41, 5.74) is 11.6. The third-order valence-electron chi connectivity index (χ3n) is 9.33. The number of anilines is 3. The van der Waals surface area contributed by atoms with Crippen molar-refractivity contribution in [1.82, 2.24) is 0 Å². The van der Waals surface area contributed by atoms with E-state index < -0.39 is 0 Å². The lowest BCUT2D eigenvalue weighted by Crippen LogP contribution is -2.16. The first-order valence-corrected chi connectivity index (χ1v) is 14.9. The second-order valence-electron chi connectivity index (χ2n) is 12.3. The van der Waals surface area contributed by atoms with E-state index in [4.69, 9.17) is 0 Å². The molecule has 0 saturated heterocycles. The molecule has 0 bridgehead atoms. The summed E-state index contributed by atoms with van der Waals surface area (Å²) in [6.45, 7) is 9.20. The number of aryl methyl sites for hydroxylation is 2. The van der Waals surface area contributed by atoms with Gasteiger partial charge in [0, 0.05) is 22.5 Å². The molecule has 0 amide bonds. The quantitative estimate of drug-likeness (QED) is 0.202. The third-order valence-corrected chi connectivity index (χ3v) is 9.33. The molecule has 1 aliphatic rings. The second-order valence-corrected chi connectivity index (χ2v) is 12.3. The summed E-state index contributed by atoms with van der Waals surface area (Å²) in [6.07, 6.45) is 0. The zero-order valence-electron chi connectivity index (χ0n) is 24.6. The summed E-state index contributed by atoms with van der Waals surface area (Å²) in [5.74, 6) is 0. The lowest BCUT2D eigenvalue weighted by atomic mass is 9.78. The Bertz CT molecular complexity index is 2190. The molecule has 0 radical (unpaired) electrons. The Kier molecular flexibility index (Phi) is 5.37. The molecule has 0 aromatic heterocycles. The average molecular weight is 540 g/mol. The van der Waals surface area contributed by atoms with Gasteiger partial charge in [-0.3, -0.25) is 0 Å². The van der Waals surface area contributed by atoms with Crippen LogP contribution in [0.2, 0.25) is 0 Å². The second kappa shape index (κ2) is 9.06. The number of fused-ring (bicyclic) bond motifs is 10. The normalized spacial score (nSPS) is 13.4. The van der Waals surface area contributed by atoms with Crippen molar-refractivity contribution in [2.75, 3.05) is 4.90 Å². The van der Waals surface area contributed by atoms with Gasteiger partial charge in [0.1, 0.15) is 0 Å². The van der Waals surface area contributed by atoms with Crippen molar-refractivity contribution in [2.24, 2.45) is 0 Å². The van der Waals surface area contributed by atoms with E-state index in [1.54, 1.807) is 0 Å². The molecule has 7 aromatic carbocycles. The topological polar surface area (TPSA) is 3.24 Å². The molecule has 1 aliphatic carbocycles. The molecule has 7 aromatic rings. The number of rotatable bonds is 3. The Morgan fingerprint density at radius 2 is 1.17 bits per heavy atom. The Morgan fingerprint density at radius 1 is 0.500 bits per heavy atom. The van der Waals surface area contributed by atoms with E-state index in [0.29, 0.717) is 0 Å². The predicted molar refractivity (Wildman–Crippen MR) is 181 cm³/mol. The van der Waals surface area contributed by atoms with Gasteiger partial charge in [0.05, 0.1) is 0 Å². The molecule has 0 unspecified atom stereocenters. The lowest BCUT2D eigenvalue weighted by molar-refractivity contribution is 0.672. The first kappa shape index (κ1) is 24.9. The Labute approximate surface area is 247 Å². The maximum absolute atomic E-state index is 2.42. The van der Waals surface area contributed by atoms with Crippen LogP contribution < -0.4 is 4.90 Å². The van der Waals surface area contributed by atoms with Crippen molar-refractivity contribution in [3.63, 3.8) is 0 Å². The van der Waals surface area contributed by atoms with Crippen molar-refractivity contribution >= 4 is 49.4 Å². The molecule has 1 heteroatoms. The molecular formula is C41H33N. The molecule has 42 heavy (non-hydrogen) atoms. The van der Waals surface area contributed by atoms with Crippen LogP contribution in [0.4, 0.5) is 17.1 Å². The minimum atomic E-state index is -0.137. The molecule has 0 aliphatic heterocycles. The van der Waals surface area contributed by atoms with Gasteiger partial charge in [0.2, 0.25) is 0 Å². The van der Waals surface area contributed by atoms with Crippen LogP contribution in [-0.2, 0) is 5.41 Å². The summed E-state index contributed by atoms with van der Waals surface area (Å²) in [7, 11) is 0. The molecule has 0 fully saturated rings. The highest BCUT2D eigenvalue weighted by atomic mass is 15.1. The van der Waals surface area contributed by atoms with Gasteiger partial charge >= 0.3 is 0 Å². The minimum absolute atomic E-state index is 0.137. The Morgan fingerprint density at radius 3 is 1.93 bits per heavy atom. The van der Waals surface area contributed by atoms with Gasteiger partial charge < -0.3 is 4.90 Å². The van der Waals surface area contributed by atoms with Gasteiger partial charge in [0.15, 0.2) is 0 Å². The number of benzene rings is 7. The highest BCUT2D eigenvalue weighted by molar-refractivity contribution is 6.19. The van der Waals surface area contributed by atoms with Crippen molar-refractivity contribution in [3.05, 3.63) is 150 Å². The first-order chi connectivity index (χ1) is 20.4. The van der Waals surface area contributed by atoms with Gasteiger partial charge in [-0.1, -0.05) is 111 Å². The minimum Gasteiger partial charge on any atom is -0.310 e. The van der Waals surface area contributed by atoms with Gasteiger partial charge in [-0.25, -0.2) is 0 Å². The molecule has 0 saturated carbocycles. The molecule has 202 valence electrons. The Hall–Kier alpha value is -4.88. The number of hydrogen-bond donors (Lipinski definition) is 0. The average Bonchev–Trinajstić information content (AvgIpc) is 3.27. The SMILES string of the molecule is Cc1ccc(C)c(N(c2ccccc2)c2ccc3c4c(ccc3c2)-c2c(c3ccccc3c3ccccc23)C4(C)C)c1. The van der Waals surface area contributed by atoms with Crippen LogP contribution in [0.15, 0.2) is 127 Å². The van der Waals surface area contributed by atoms with Crippen LogP contribution in [-0.4, -0.2) is 0 Å². The maximum Gasteiger partial charge on any atom is 0.0493 e. The summed E-state index contributed by atoms with van der Waals surface area (Å²) >= 11 is 0. The summed E-state index contributed by atoms with van der Waals surface area (Å²) in [4.78, 5) is 2.40.